The van der Waals surface area contributed by atoms with E-state index in [0.717, 1.165) is 44.5 Å². The van der Waals surface area contributed by atoms with Gasteiger partial charge in [-0.3, -0.25) is 9.59 Å². The van der Waals surface area contributed by atoms with Gasteiger partial charge in [-0.05, 0) is 38.3 Å². The second kappa shape index (κ2) is 8.31. The standard InChI is InChI=1S/C21H30N2O3/c1-17(24)21(19-6-4-3-5-7-19)9-12-23(13-10-21)20(25)18-8-11-22(16-18)14-15-26-2/h3-7,18H,8-16H2,1-2H3/t18-/m1/s1. The van der Waals surface area contributed by atoms with Gasteiger partial charge >= 0.3 is 0 Å². The molecule has 2 saturated heterocycles. The van der Waals surface area contributed by atoms with E-state index in [1.54, 1.807) is 14.0 Å². The van der Waals surface area contributed by atoms with E-state index in [1.807, 2.05) is 35.2 Å². The number of Topliss-reactive ketones (excluding diaryl/α,β-unsaturated/α-hetero) is 1. The normalized spacial score (nSPS) is 23.2. The fourth-order valence-corrected chi connectivity index (χ4v) is 4.43. The fourth-order valence-electron chi connectivity index (χ4n) is 4.43. The van der Waals surface area contributed by atoms with Crippen LogP contribution in [0.2, 0.25) is 0 Å². The highest BCUT2D eigenvalue weighted by Gasteiger charge is 2.42. The number of likely N-dealkylation sites (tertiary alicyclic amines) is 2. The number of ketones is 1. The predicted molar refractivity (Wildman–Crippen MR) is 101 cm³/mol. The summed E-state index contributed by atoms with van der Waals surface area (Å²) in [6.45, 7) is 6.42. The van der Waals surface area contributed by atoms with Crippen LogP contribution in [0.15, 0.2) is 30.3 Å². The zero-order chi connectivity index (χ0) is 18.6. The zero-order valence-electron chi connectivity index (χ0n) is 15.9. The third kappa shape index (κ3) is 3.84. The highest BCUT2D eigenvalue weighted by molar-refractivity contribution is 5.88. The van der Waals surface area contributed by atoms with Crippen molar-refractivity contribution in [2.45, 2.75) is 31.6 Å². The van der Waals surface area contributed by atoms with Gasteiger partial charge in [0.2, 0.25) is 5.91 Å². The molecule has 0 aromatic heterocycles. The Balaban J connectivity index is 1.61. The Morgan fingerprint density at radius 3 is 2.46 bits per heavy atom. The number of hydrogen-bond acceptors (Lipinski definition) is 4. The molecule has 1 amide bonds. The summed E-state index contributed by atoms with van der Waals surface area (Å²) >= 11 is 0. The average Bonchev–Trinajstić information content (AvgIpc) is 3.15. The lowest BCUT2D eigenvalue weighted by Crippen LogP contribution is -2.50. The minimum absolute atomic E-state index is 0.0911. The molecule has 5 heteroatoms. The number of ether oxygens (including phenoxy) is 1. The van der Waals surface area contributed by atoms with Crippen LogP contribution in [0.5, 0.6) is 0 Å². The number of amides is 1. The summed E-state index contributed by atoms with van der Waals surface area (Å²) in [7, 11) is 1.71. The molecule has 0 unspecified atom stereocenters. The Hall–Kier alpha value is -1.72. The lowest BCUT2D eigenvalue weighted by molar-refractivity contribution is -0.139. The molecule has 1 atom stereocenters. The average molecular weight is 358 g/mol. The van der Waals surface area contributed by atoms with Gasteiger partial charge in [0, 0.05) is 33.3 Å². The summed E-state index contributed by atoms with van der Waals surface area (Å²) in [5, 5.41) is 0. The van der Waals surface area contributed by atoms with E-state index in [2.05, 4.69) is 4.90 Å². The molecule has 5 nitrogen and oxygen atoms in total. The van der Waals surface area contributed by atoms with Crippen molar-refractivity contribution < 1.29 is 14.3 Å². The SMILES string of the molecule is COCCN1CC[C@@H](C(=O)N2CCC(C(C)=O)(c3ccccc3)CC2)C1. The second-order valence-electron chi connectivity index (χ2n) is 7.61. The molecule has 0 radical (unpaired) electrons. The number of nitrogens with zero attached hydrogens (tertiary/aromatic N) is 2. The molecule has 2 heterocycles. The van der Waals surface area contributed by atoms with Crippen molar-refractivity contribution in [3.63, 3.8) is 0 Å². The van der Waals surface area contributed by atoms with Crippen molar-refractivity contribution in [3.8, 4) is 0 Å². The van der Waals surface area contributed by atoms with Gasteiger partial charge in [0.05, 0.1) is 17.9 Å². The van der Waals surface area contributed by atoms with Crippen molar-refractivity contribution in [2.24, 2.45) is 5.92 Å². The maximum atomic E-state index is 12.9. The van der Waals surface area contributed by atoms with Gasteiger partial charge in [-0.2, -0.15) is 0 Å². The first-order chi connectivity index (χ1) is 12.6. The molecular weight excluding hydrogens is 328 g/mol. The Bertz CT molecular complexity index is 623. The highest BCUT2D eigenvalue weighted by Crippen LogP contribution is 2.37. The number of carbonyl (C=O) groups excluding carboxylic acids is 2. The molecule has 2 fully saturated rings. The molecule has 0 aliphatic carbocycles. The smallest absolute Gasteiger partial charge is 0.227 e. The second-order valence-corrected chi connectivity index (χ2v) is 7.61. The van der Waals surface area contributed by atoms with Gasteiger partial charge in [-0.25, -0.2) is 0 Å². The van der Waals surface area contributed by atoms with E-state index in [9.17, 15) is 9.59 Å². The minimum Gasteiger partial charge on any atom is -0.383 e. The van der Waals surface area contributed by atoms with Crippen LogP contribution in [-0.2, 0) is 19.7 Å². The Labute approximate surface area is 156 Å². The van der Waals surface area contributed by atoms with Crippen LogP contribution in [0.25, 0.3) is 0 Å². The van der Waals surface area contributed by atoms with Gasteiger partial charge in [-0.15, -0.1) is 0 Å². The van der Waals surface area contributed by atoms with Crippen molar-refractivity contribution in [2.75, 3.05) is 46.4 Å². The molecule has 26 heavy (non-hydrogen) atoms. The van der Waals surface area contributed by atoms with E-state index >= 15 is 0 Å². The van der Waals surface area contributed by atoms with Crippen molar-refractivity contribution >= 4 is 11.7 Å². The number of hydrogen-bond donors (Lipinski definition) is 0. The molecule has 1 aromatic rings. The van der Waals surface area contributed by atoms with Gasteiger partial charge < -0.3 is 14.5 Å². The van der Waals surface area contributed by atoms with E-state index < -0.39 is 5.41 Å². The van der Waals surface area contributed by atoms with Crippen molar-refractivity contribution in [1.82, 2.24) is 9.80 Å². The molecule has 2 aliphatic rings. The van der Waals surface area contributed by atoms with Crippen LogP contribution in [0, 0.1) is 5.92 Å². The molecular formula is C21H30N2O3. The van der Waals surface area contributed by atoms with E-state index in [4.69, 9.17) is 4.74 Å². The topological polar surface area (TPSA) is 49.9 Å². The molecule has 0 N–H and O–H groups in total. The zero-order valence-corrected chi connectivity index (χ0v) is 15.9. The van der Waals surface area contributed by atoms with E-state index in [-0.39, 0.29) is 17.6 Å². The van der Waals surface area contributed by atoms with Crippen molar-refractivity contribution in [1.29, 1.82) is 0 Å². The largest absolute Gasteiger partial charge is 0.383 e. The predicted octanol–water partition coefficient (Wildman–Crippen LogP) is 2.10. The van der Waals surface area contributed by atoms with Crippen LogP contribution < -0.4 is 0 Å². The Morgan fingerprint density at radius 1 is 1.15 bits per heavy atom. The lowest BCUT2D eigenvalue weighted by atomic mass is 9.70. The lowest BCUT2D eigenvalue weighted by Gasteiger charge is -2.41. The number of benzene rings is 1. The molecule has 2 aliphatic heterocycles. The summed E-state index contributed by atoms with van der Waals surface area (Å²) < 4.78 is 5.13. The molecule has 0 bridgehead atoms. The Morgan fingerprint density at radius 2 is 1.85 bits per heavy atom. The first-order valence-corrected chi connectivity index (χ1v) is 9.63. The van der Waals surface area contributed by atoms with Crippen LogP contribution >= 0.6 is 0 Å². The Kier molecular flexibility index (Phi) is 6.09. The van der Waals surface area contributed by atoms with Gasteiger partial charge in [0.25, 0.3) is 0 Å². The van der Waals surface area contributed by atoms with E-state index in [0.29, 0.717) is 19.7 Å². The van der Waals surface area contributed by atoms with Crippen LogP contribution in [0.1, 0.15) is 31.7 Å². The molecule has 142 valence electrons. The molecule has 0 saturated carbocycles. The quantitative estimate of drug-likeness (QED) is 0.781. The maximum absolute atomic E-state index is 12.9. The monoisotopic (exact) mass is 358 g/mol. The third-order valence-corrected chi connectivity index (χ3v) is 6.16. The van der Waals surface area contributed by atoms with Gasteiger partial charge in [0.15, 0.2) is 0 Å². The summed E-state index contributed by atoms with van der Waals surface area (Å²) in [6.07, 6.45) is 2.37. The molecule has 0 spiro atoms. The highest BCUT2D eigenvalue weighted by atomic mass is 16.5. The van der Waals surface area contributed by atoms with Crippen LogP contribution in [0.4, 0.5) is 0 Å². The summed E-state index contributed by atoms with van der Waals surface area (Å²) in [5.74, 6) is 0.561. The van der Waals surface area contributed by atoms with Crippen LogP contribution in [0.3, 0.4) is 0 Å². The van der Waals surface area contributed by atoms with Gasteiger partial charge in [-0.1, -0.05) is 30.3 Å². The maximum Gasteiger partial charge on any atom is 0.227 e. The summed E-state index contributed by atoms with van der Waals surface area (Å²) in [4.78, 5) is 29.7. The fraction of sp³-hybridized carbons (Fsp3) is 0.619. The molecule has 3 rings (SSSR count). The molecule has 1 aromatic carbocycles. The van der Waals surface area contributed by atoms with Gasteiger partial charge in [0.1, 0.15) is 5.78 Å². The third-order valence-electron chi connectivity index (χ3n) is 6.16. The number of rotatable bonds is 6. The number of piperidine rings is 1. The first kappa shape index (κ1) is 19.1. The van der Waals surface area contributed by atoms with E-state index in [1.165, 1.54) is 0 Å². The van der Waals surface area contributed by atoms with Crippen molar-refractivity contribution in [3.05, 3.63) is 35.9 Å². The first-order valence-electron chi connectivity index (χ1n) is 9.63. The summed E-state index contributed by atoms with van der Waals surface area (Å²) in [6, 6.07) is 10.0. The van der Waals surface area contributed by atoms with Crippen LogP contribution in [-0.4, -0.2) is 67.9 Å². The number of methoxy groups -OCH3 is 1. The minimum atomic E-state index is -0.432. The summed E-state index contributed by atoms with van der Waals surface area (Å²) in [5.41, 5.74) is 0.657. The number of carbonyl (C=O) groups is 2.